The number of aryl methyl sites for hydroxylation is 1. The zero-order valence-corrected chi connectivity index (χ0v) is 10.5. The first-order valence-electron chi connectivity index (χ1n) is 5.95. The topological polar surface area (TPSA) is 34.9 Å². The highest BCUT2D eigenvalue weighted by Gasteiger charge is 2.12. The maximum Gasteiger partial charge on any atom is 0.150 e. The molecule has 0 N–H and O–H groups in total. The molecule has 0 radical (unpaired) electrons. The van der Waals surface area contributed by atoms with Crippen molar-refractivity contribution in [1.29, 1.82) is 0 Å². The quantitative estimate of drug-likeness (QED) is 0.776. The molecule has 0 fully saturated rings. The Morgan fingerprint density at radius 2 is 2.17 bits per heavy atom. The minimum absolute atomic E-state index is 0.349. The van der Waals surface area contributed by atoms with Crippen LogP contribution in [-0.4, -0.2) is 16.1 Å². The van der Waals surface area contributed by atoms with Gasteiger partial charge in [-0.25, -0.2) is 4.39 Å². The van der Waals surface area contributed by atoms with Crippen LogP contribution in [0.1, 0.15) is 29.4 Å². The number of nitrogens with zero attached hydrogens (tertiary/aromatic N) is 2. The van der Waals surface area contributed by atoms with Crippen LogP contribution in [0.15, 0.2) is 24.4 Å². The molecular formula is C14H15FN2O. The number of aromatic nitrogens is 2. The molecule has 3 nitrogen and oxygen atoms in total. The second-order valence-corrected chi connectivity index (χ2v) is 4.22. The van der Waals surface area contributed by atoms with E-state index in [0.717, 1.165) is 30.5 Å². The van der Waals surface area contributed by atoms with E-state index in [-0.39, 0.29) is 5.82 Å². The summed E-state index contributed by atoms with van der Waals surface area (Å²) in [6, 6.07) is 4.16. The Kier molecular flexibility index (Phi) is 3.55. The fourth-order valence-corrected chi connectivity index (χ4v) is 2.01. The Morgan fingerprint density at radius 1 is 1.39 bits per heavy atom. The average molecular weight is 246 g/mol. The van der Waals surface area contributed by atoms with Crippen LogP contribution in [0.3, 0.4) is 0 Å². The monoisotopic (exact) mass is 246 g/mol. The molecule has 4 heteroatoms. The van der Waals surface area contributed by atoms with Crippen LogP contribution in [0.4, 0.5) is 4.39 Å². The van der Waals surface area contributed by atoms with Gasteiger partial charge in [0.05, 0.1) is 6.20 Å². The van der Waals surface area contributed by atoms with Gasteiger partial charge >= 0.3 is 0 Å². The van der Waals surface area contributed by atoms with Crippen LogP contribution < -0.4 is 0 Å². The molecule has 1 aromatic heterocycles. The Morgan fingerprint density at radius 3 is 2.83 bits per heavy atom. The van der Waals surface area contributed by atoms with Crippen LogP contribution in [0.5, 0.6) is 0 Å². The van der Waals surface area contributed by atoms with Gasteiger partial charge in [0.1, 0.15) is 5.82 Å². The van der Waals surface area contributed by atoms with E-state index in [1.54, 1.807) is 6.20 Å². The van der Waals surface area contributed by atoms with Gasteiger partial charge in [0.15, 0.2) is 6.29 Å². The predicted molar refractivity (Wildman–Crippen MR) is 68.0 cm³/mol. The number of hydrogen-bond acceptors (Lipinski definition) is 2. The largest absolute Gasteiger partial charge is 0.298 e. The third-order valence-electron chi connectivity index (χ3n) is 2.97. The second kappa shape index (κ2) is 5.12. The van der Waals surface area contributed by atoms with E-state index in [1.807, 2.05) is 11.6 Å². The Balaban J connectivity index is 2.54. The number of aldehydes is 1. The van der Waals surface area contributed by atoms with Gasteiger partial charge in [0.2, 0.25) is 0 Å². The summed E-state index contributed by atoms with van der Waals surface area (Å²) in [4.78, 5) is 11.0. The summed E-state index contributed by atoms with van der Waals surface area (Å²) in [5.41, 5.74) is 2.84. The van der Waals surface area contributed by atoms with Gasteiger partial charge in [-0.05, 0) is 37.1 Å². The van der Waals surface area contributed by atoms with Crippen molar-refractivity contribution in [2.75, 3.05) is 0 Å². The molecule has 0 bridgehead atoms. The SMILES string of the molecule is CCCn1ncc(-c2cc(F)ccc2C=O)c1C. The number of benzene rings is 1. The van der Waals surface area contributed by atoms with E-state index >= 15 is 0 Å². The maximum absolute atomic E-state index is 13.3. The normalized spacial score (nSPS) is 10.6. The first-order valence-corrected chi connectivity index (χ1v) is 5.95. The second-order valence-electron chi connectivity index (χ2n) is 4.22. The number of carbonyl (C=O) groups excluding carboxylic acids is 1. The van der Waals surface area contributed by atoms with E-state index in [4.69, 9.17) is 0 Å². The lowest BCUT2D eigenvalue weighted by molar-refractivity contribution is 0.112. The molecule has 2 aromatic rings. The number of rotatable bonds is 4. The molecule has 0 saturated heterocycles. The lowest BCUT2D eigenvalue weighted by Crippen LogP contribution is -2.01. The van der Waals surface area contributed by atoms with Gasteiger partial charge < -0.3 is 0 Å². The van der Waals surface area contributed by atoms with Gasteiger partial charge in [-0.3, -0.25) is 9.48 Å². The molecule has 2 rings (SSSR count). The molecule has 1 heterocycles. The van der Waals surface area contributed by atoms with Gasteiger partial charge in [-0.15, -0.1) is 0 Å². The molecule has 94 valence electrons. The fourth-order valence-electron chi connectivity index (χ4n) is 2.01. The third-order valence-corrected chi connectivity index (χ3v) is 2.97. The molecule has 0 spiro atoms. The van der Waals surface area contributed by atoms with Crippen molar-refractivity contribution in [3.8, 4) is 11.1 Å². The van der Waals surface area contributed by atoms with Crippen molar-refractivity contribution in [2.45, 2.75) is 26.8 Å². The van der Waals surface area contributed by atoms with Crippen LogP contribution in [0.25, 0.3) is 11.1 Å². The lowest BCUT2D eigenvalue weighted by Gasteiger charge is -2.06. The van der Waals surface area contributed by atoms with Gasteiger partial charge in [0, 0.05) is 23.4 Å². The average Bonchev–Trinajstić information content (AvgIpc) is 2.72. The van der Waals surface area contributed by atoms with Crippen LogP contribution in [0.2, 0.25) is 0 Å². The van der Waals surface area contributed by atoms with Crippen LogP contribution in [0, 0.1) is 12.7 Å². The van der Waals surface area contributed by atoms with E-state index in [2.05, 4.69) is 12.0 Å². The van der Waals surface area contributed by atoms with Crippen molar-refractivity contribution in [1.82, 2.24) is 9.78 Å². The predicted octanol–water partition coefficient (Wildman–Crippen LogP) is 3.22. The zero-order valence-electron chi connectivity index (χ0n) is 10.5. The first-order chi connectivity index (χ1) is 8.67. The molecule has 0 aliphatic carbocycles. The van der Waals surface area contributed by atoms with Crippen molar-refractivity contribution in [3.63, 3.8) is 0 Å². The lowest BCUT2D eigenvalue weighted by atomic mass is 10.0. The number of hydrogen-bond donors (Lipinski definition) is 0. The molecule has 1 aromatic carbocycles. The summed E-state index contributed by atoms with van der Waals surface area (Å²) in [5, 5.41) is 4.27. The van der Waals surface area contributed by atoms with Gasteiger partial charge in [-0.2, -0.15) is 5.10 Å². The minimum atomic E-state index is -0.349. The Hall–Kier alpha value is -1.97. The summed E-state index contributed by atoms with van der Waals surface area (Å²) < 4.78 is 15.2. The first kappa shape index (κ1) is 12.5. The Labute approximate surface area is 105 Å². The molecule has 0 amide bonds. The highest BCUT2D eigenvalue weighted by Crippen LogP contribution is 2.26. The highest BCUT2D eigenvalue weighted by atomic mass is 19.1. The smallest absolute Gasteiger partial charge is 0.150 e. The molecule has 0 saturated carbocycles. The van der Waals surface area contributed by atoms with Crippen molar-refractivity contribution in [2.24, 2.45) is 0 Å². The summed E-state index contributed by atoms with van der Waals surface area (Å²) in [7, 11) is 0. The van der Waals surface area contributed by atoms with Crippen LogP contribution in [-0.2, 0) is 6.54 Å². The van der Waals surface area contributed by atoms with Gasteiger partial charge in [0.25, 0.3) is 0 Å². The standard InChI is InChI=1S/C14H15FN2O/c1-3-6-17-10(2)14(8-16-17)13-7-12(15)5-4-11(13)9-18/h4-5,7-9H,3,6H2,1-2H3. The molecule has 0 aliphatic heterocycles. The van der Waals surface area contributed by atoms with E-state index in [9.17, 15) is 9.18 Å². The molecule has 0 aliphatic rings. The van der Waals surface area contributed by atoms with E-state index in [0.29, 0.717) is 11.1 Å². The van der Waals surface area contributed by atoms with E-state index in [1.165, 1.54) is 18.2 Å². The van der Waals surface area contributed by atoms with Crippen molar-refractivity contribution < 1.29 is 9.18 Å². The summed E-state index contributed by atoms with van der Waals surface area (Å²) in [6.07, 6.45) is 3.41. The molecule has 18 heavy (non-hydrogen) atoms. The van der Waals surface area contributed by atoms with Crippen molar-refractivity contribution >= 4 is 6.29 Å². The maximum atomic E-state index is 13.3. The highest BCUT2D eigenvalue weighted by molar-refractivity contribution is 5.88. The van der Waals surface area contributed by atoms with Crippen molar-refractivity contribution in [3.05, 3.63) is 41.5 Å². The Bertz CT molecular complexity index is 575. The summed E-state index contributed by atoms with van der Waals surface area (Å²) >= 11 is 0. The molecule has 0 unspecified atom stereocenters. The molecule has 0 atom stereocenters. The van der Waals surface area contributed by atoms with E-state index < -0.39 is 0 Å². The summed E-state index contributed by atoms with van der Waals surface area (Å²) in [6.45, 7) is 4.81. The van der Waals surface area contributed by atoms with Gasteiger partial charge in [-0.1, -0.05) is 6.92 Å². The number of carbonyl (C=O) groups is 1. The fraction of sp³-hybridized carbons (Fsp3) is 0.286. The summed E-state index contributed by atoms with van der Waals surface area (Å²) in [5.74, 6) is -0.349. The number of halogens is 1. The molecular weight excluding hydrogens is 231 g/mol. The zero-order chi connectivity index (χ0) is 13.1. The third kappa shape index (κ3) is 2.18. The van der Waals surface area contributed by atoms with Crippen LogP contribution >= 0.6 is 0 Å². The minimum Gasteiger partial charge on any atom is -0.298 e.